The highest BCUT2D eigenvalue weighted by Gasteiger charge is 2.40. The lowest BCUT2D eigenvalue weighted by atomic mass is 9.68. The molecule has 0 aromatic heterocycles. The standard InChI is InChI=1S/C19H30N2O3.ClH/c1-23-15-14-20-12-13-21-18(22)19(10-4-3-5-11-19)16-6-8-17(24-2)9-7-16;/h6-9,20H,3-5,10-15H2,1-2H3,(H,21,22);1H. The van der Waals surface area contributed by atoms with Crippen molar-refractivity contribution >= 4 is 18.3 Å². The van der Waals surface area contributed by atoms with Crippen molar-refractivity contribution < 1.29 is 14.3 Å². The lowest BCUT2D eigenvalue weighted by Gasteiger charge is -2.36. The molecular formula is C19H31ClN2O3. The first-order valence-electron chi connectivity index (χ1n) is 8.85. The van der Waals surface area contributed by atoms with Crippen LogP contribution in [0.15, 0.2) is 24.3 Å². The van der Waals surface area contributed by atoms with Gasteiger partial charge in [0.05, 0.1) is 19.1 Å². The van der Waals surface area contributed by atoms with E-state index in [2.05, 4.69) is 10.6 Å². The molecule has 0 bridgehead atoms. The fourth-order valence-electron chi connectivity index (χ4n) is 3.45. The van der Waals surface area contributed by atoms with Crippen molar-refractivity contribution in [3.63, 3.8) is 0 Å². The Morgan fingerprint density at radius 1 is 1.04 bits per heavy atom. The van der Waals surface area contributed by atoms with Gasteiger partial charge in [-0.2, -0.15) is 0 Å². The fraction of sp³-hybridized carbons (Fsp3) is 0.632. The summed E-state index contributed by atoms with van der Waals surface area (Å²) in [4.78, 5) is 13.0. The number of amides is 1. The number of hydrogen-bond donors (Lipinski definition) is 2. The van der Waals surface area contributed by atoms with Gasteiger partial charge in [-0.3, -0.25) is 4.79 Å². The summed E-state index contributed by atoms with van der Waals surface area (Å²) >= 11 is 0. The molecule has 142 valence electrons. The van der Waals surface area contributed by atoms with Crippen LogP contribution >= 0.6 is 12.4 Å². The molecule has 0 radical (unpaired) electrons. The Bertz CT molecular complexity index is 502. The first-order valence-corrected chi connectivity index (χ1v) is 8.85. The maximum atomic E-state index is 13.0. The molecule has 2 N–H and O–H groups in total. The van der Waals surface area contributed by atoms with Gasteiger partial charge in [0, 0.05) is 26.7 Å². The molecule has 1 aromatic carbocycles. The summed E-state index contributed by atoms with van der Waals surface area (Å²) in [5.74, 6) is 0.980. The van der Waals surface area contributed by atoms with E-state index in [0.717, 1.165) is 50.1 Å². The second-order valence-corrected chi connectivity index (χ2v) is 6.37. The van der Waals surface area contributed by atoms with Gasteiger partial charge in [-0.1, -0.05) is 31.4 Å². The van der Waals surface area contributed by atoms with Crippen LogP contribution in [0.25, 0.3) is 0 Å². The van der Waals surface area contributed by atoms with Crippen LogP contribution in [0.5, 0.6) is 5.75 Å². The van der Waals surface area contributed by atoms with Crippen molar-refractivity contribution in [3.05, 3.63) is 29.8 Å². The Morgan fingerprint density at radius 3 is 2.32 bits per heavy atom. The van der Waals surface area contributed by atoms with E-state index in [4.69, 9.17) is 9.47 Å². The molecule has 1 aliphatic rings. The summed E-state index contributed by atoms with van der Waals surface area (Å²) in [7, 11) is 3.35. The summed E-state index contributed by atoms with van der Waals surface area (Å²) in [6.07, 6.45) is 5.26. The van der Waals surface area contributed by atoms with E-state index in [1.165, 1.54) is 6.42 Å². The number of hydrogen-bond acceptors (Lipinski definition) is 4. The second kappa shape index (κ2) is 11.3. The number of benzene rings is 1. The van der Waals surface area contributed by atoms with E-state index in [1.54, 1.807) is 14.2 Å². The minimum atomic E-state index is -0.392. The highest BCUT2D eigenvalue weighted by Crippen LogP contribution is 2.40. The summed E-state index contributed by atoms with van der Waals surface area (Å²) in [6, 6.07) is 7.98. The van der Waals surface area contributed by atoms with E-state index >= 15 is 0 Å². The van der Waals surface area contributed by atoms with Crippen molar-refractivity contribution in [2.45, 2.75) is 37.5 Å². The van der Waals surface area contributed by atoms with Crippen molar-refractivity contribution in [3.8, 4) is 5.75 Å². The lowest BCUT2D eigenvalue weighted by molar-refractivity contribution is -0.128. The van der Waals surface area contributed by atoms with Gasteiger partial charge in [-0.25, -0.2) is 0 Å². The third-order valence-electron chi connectivity index (χ3n) is 4.85. The quantitative estimate of drug-likeness (QED) is 0.656. The first kappa shape index (κ1) is 21.7. The van der Waals surface area contributed by atoms with Gasteiger partial charge in [0.2, 0.25) is 5.91 Å². The number of halogens is 1. The van der Waals surface area contributed by atoms with Crippen LogP contribution in [0.4, 0.5) is 0 Å². The van der Waals surface area contributed by atoms with Gasteiger partial charge in [-0.05, 0) is 30.5 Å². The smallest absolute Gasteiger partial charge is 0.230 e. The molecule has 0 saturated heterocycles. The number of ether oxygens (including phenoxy) is 2. The molecule has 1 amide bonds. The Kier molecular flexibility index (Phi) is 9.86. The molecule has 1 aliphatic carbocycles. The molecule has 0 heterocycles. The van der Waals surface area contributed by atoms with Crippen LogP contribution in [0.2, 0.25) is 0 Å². The lowest BCUT2D eigenvalue weighted by Crippen LogP contribution is -2.47. The maximum Gasteiger partial charge on any atom is 0.230 e. The van der Waals surface area contributed by atoms with Crippen LogP contribution < -0.4 is 15.4 Å². The molecule has 2 rings (SSSR count). The van der Waals surface area contributed by atoms with Gasteiger partial charge in [0.15, 0.2) is 0 Å². The van der Waals surface area contributed by atoms with Crippen LogP contribution in [0.1, 0.15) is 37.7 Å². The first-order chi connectivity index (χ1) is 11.7. The van der Waals surface area contributed by atoms with Crippen LogP contribution in [0, 0.1) is 0 Å². The van der Waals surface area contributed by atoms with Gasteiger partial charge in [0.25, 0.3) is 0 Å². The molecule has 0 aliphatic heterocycles. The minimum Gasteiger partial charge on any atom is -0.497 e. The number of methoxy groups -OCH3 is 2. The molecule has 0 unspecified atom stereocenters. The summed E-state index contributed by atoms with van der Waals surface area (Å²) in [6.45, 7) is 2.88. The van der Waals surface area contributed by atoms with Gasteiger partial charge >= 0.3 is 0 Å². The number of carbonyl (C=O) groups excluding carboxylic acids is 1. The van der Waals surface area contributed by atoms with E-state index in [9.17, 15) is 4.79 Å². The predicted octanol–water partition coefficient (Wildman–Crippen LogP) is 2.67. The summed E-state index contributed by atoms with van der Waals surface area (Å²) in [5.41, 5.74) is 0.713. The topological polar surface area (TPSA) is 59.6 Å². The normalized spacial score (nSPS) is 15.9. The second-order valence-electron chi connectivity index (χ2n) is 6.37. The third kappa shape index (κ3) is 5.87. The van der Waals surface area contributed by atoms with Crippen LogP contribution in [0.3, 0.4) is 0 Å². The number of nitrogens with one attached hydrogen (secondary N) is 2. The summed E-state index contributed by atoms with van der Waals surface area (Å²) < 4.78 is 10.2. The van der Waals surface area contributed by atoms with E-state index in [-0.39, 0.29) is 18.3 Å². The Morgan fingerprint density at radius 2 is 1.72 bits per heavy atom. The molecule has 1 fully saturated rings. The van der Waals surface area contributed by atoms with Gasteiger partial charge < -0.3 is 20.1 Å². The average molecular weight is 371 g/mol. The molecule has 0 atom stereocenters. The monoisotopic (exact) mass is 370 g/mol. The molecular weight excluding hydrogens is 340 g/mol. The maximum absolute atomic E-state index is 13.0. The highest BCUT2D eigenvalue weighted by atomic mass is 35.5. The van der Waals surface area contributed by atoms with Gasteiger partial charge in [-0.15, -0.1) is 12.4 Å². The van der Waals surface area contributed by atoms with Crippen LogP contribution in [-0.4, -0.2) is 46.4 Å². The highest BCUT2D eigenvalue weighted by molar-refractivity contribution is 5.88. The van der Waals surface area contributed by atoms with E-state index in [0.29, 0.717) is 13.2 Å². The van der Waals surface area contributed by atoms with E-state index < -0.39 is 5.41 Å². The van der Waals surface area contributed by atoms with Crippen molar-refractivity contribution in [1.29, 1.82) is 0 Å². The zero-order valence-electron chi connectivity index (χ0n) is 15.3. The SMILES string of the molecule is COCCNCCNC(=O)C1(c2ccc(OC)cc2)CCCCC1.Cl. The summed E-state index contributed by atoms with van der Waals surface area (Å²) in [5, 5.41) is 6.38. The van der Waals surface area contributed by atoms with Crippen molar-refractivity contribution in [2.75, 3.05) is 40.5 Å². The fourth-order valence-corrected chi connectivity index (χ4v) is 3.45. The Hall–Kier alpha value is -1.30. The van der Waals surface area contributed by atoms with Crippen molar-refractivity contribution in [2.24, 2.45) is 0 Å². The molecule has 6 heteroatoms. The largest absolute Gasteiger partial charge is 0.497 e. The zero-order chi connectivity index (χ0) is 17.3. The van der Waals surface area contributed by atoms with E-state index in [1.807, 2.05) is 24.3 Å². The molecule has 5 nitrogen and oxygen atoms in total. The van der Waals surface area contributed by atoms with Crippen LogP contribution in [-0.2, 0) is 14.9 Å². The van der Waals surface area contributed by atoms with Crippen molar-refractivity contribution in [1.82, 2.24) is 10.6 Å². The third-order valence-corrected chi connectivity index (χ3v) is 4.85. The molecule has 1 aromatic rings. The molecule has 25 heavy (non-hydrogen) atoms. The Balaban J connectivity index is 0.00000312. The molecule has 0 spiro atoms. The molecule has 1 saturated carbocycles. The predicted molar refractivity (Wildman–Crippen MR) is 103 cm³/mol. The Labute approximate surface area is 157 Å². The zero-order valence-corrected chi connectivity index (χ0v) is 16.1. The average Bonchev–Trinajstić information content (AvgIpc) is 2.65. The van der Waals surface area contributed by atoms with Gasteiger partial charge in [0.1, 0.15) is 5.75 Å². The number of rotatable bonds is 9. The minimum absolute atomic E-state index is 0. The number of carbonyl (C=O) groups is 1.